The molecule has 0 heterocycles. The van der Waals surface area contributed by atoms with Crippen molar-refractivity contribution in [3.63, 3.8) is 0 Å². The number of benzene rings is 1. The fourth-order valence-electron chi connectivity index (χ4n) is 2.04. The molecule has 0 aliphatic rings. The SMILES string of the molecule is CCN(C)C(=O)C(C)NCCC(C)c1ccccc1. The predicted octanol–water partition coefficient (Wildman–Crippen LogP) is 2.64. The van der Waals surface area contributed by atoms with Gasteiger partial charge in [-0.05, 0) is 38.3 Å². The molecule has 0 saturated carbocycles. The highest BCUT2D eigenvalue weighted by Crippen LogP contribution is 2.17. The Hall–Kier alpha value is -1.35. The molecule has 2 unspecified atom stereocenters. The van der Waals surface area contributed by atoms with Crippen LogP contribution in [0.15, 0.2) is 30.3 Å². The summed E-state index contributed by atoms with van der Waals surface area (Å²) in [5.74, 6) is 0.676. The molecule has 2 atom stereocenters. The fourth-order valence-corrected chi connectivity index (χ4v) is 2.04. The van der Waals surface area contributed by atoms with Crippen molar-refractivity contribution < 1.29 is 4.79 Å². The molecule has 1 amide bonds. The van der Waals surface area contributed by atoms with E-state index in [1.165, 1.54) is 5.56 Å². The number of hydrogen-bond acceptors (Lipinski definition) is 2. The van der Waals surface area contributed by atoms with E-state index in [9.17, 15) is 4.79 Å². The molecule has 1 aromatic carbocycles. The van der Waals surface area contributed by atoms with Crippen molar-refractivity contribution in [2.75, 3.05) is 20.1 Å². The smallest absolute Gasteiger partial charge is 0.239 e. The summed E-state index contributed by atoms with van der Waals surface area (Å²) in [6, 6.07) is 10.4. The first kappa shape index (κ1) is 15.7. The van der Waals surface area contributed by atoms with Crippen LogP contribution in [0.5, 0.6) is 0 Å². The third-order valence-corrected chi connectivity index (χ3v) is 3.62. The molecule has 0 bridgehead atoms. The van der Waals surface area contributed by atoms with Crippen LogP contribution in [0.1, 0.15) is 38.7 Å². The van der Waals surface area contributed by atoms with Crippen LogP contribution in [0.3, 0.4) is 0 Å². The van der Waals surface area contributed by atoms with E-state index in [2.05, 4.69) is 36.5 Å². The molecule has 0 radical (unpaired) electrons. The van der Waals surface area contributed by atoms with E-state index >= 15 is 0 Å². The van der Waals surface area contributed by atoms with Gasteiger partial charge in [-0.1, -0.05) is 37.3 Å². The Morgan fingerprint density at radius 1 is 1.26 bits per heavy atom. The molecule has 3 heteroatoms. The van der Waals surface area contributed by atoms with Crippen LogP contribution >= 0.6 is 0 Å². The lowest BCUT2D eigenvalue weighted by Crippen LogP contribution is -2.43. The molecule has 106 valence electrons. The summed E-state index contributed by atoms with van der Waals surface area (Å²) in [5.41, 5.74) is 1.36. The Balaban J connectivity index is 2.32. The number of likely N-dealkylation sites (N-methyl/N-ethyl adjacent to an activating group) is 1. The zero-order chi connectivity index (χ0) is 14.3. The van der Waals surface area contributed by atoms with Crippen LogP contribution in [0.2, 0.25) is 0 Å². The number of nitrogens with one attached hydrogen (secondary N) is 1. The van der Waals surface area contributed by atoms with Gasteiger partial charge in [-0.25, -0.2) is 0 Å². The molecule has 0 saturated heterocycles. The molecule has 3 nitrogen and oxygen atoms in total. The van der Waals surface area contributed by atoms with Gasteiger partial charge in [-0.15, -0.1) is 0 Å². The molecule has 1 N–H and O–H groups in total. The van der Waals surface area contributed by atoms with E-state index < -0.39 is 0 Å². The van der Waals surface area contributed by atoms with E-state index in [0.29, 0.717) is 5.92 Å². The van der Waals surface area contributed by atoms with Crippen molar-refractivity contribution >= 4 is 5.91 Å². The molecular formula is C16H26N2O. The summed E-state index contributed by atoms with van der Waals surface area (Å²) in [4.78, 5) is 13.6. The molecule has 0 aliphatic carbocycles. The highest BCUT2D eigenvalue weighted by molar-refractivity contribution is 5.81. The van der Waals surface area contributed by atoms with Gasteiger partial charge in [0.25, 0.3) is 0 Å². The third kappa shape index (κ3) is 5.03. The molecule has 0 fully saturated rings. The summed E-state index contributed by atoms with van der Waals surface area (Å²) in [7, 11) is 1.84. The van der Waals surface area contributed by atoms with Crippen molar-refractivity contribution in [2.45, 2.75) is 39.2 Å². The first-order chi connectivity index (χ1) is 9.06. The van der Waals surface area contributed by atoms with Gasteiger partial charge in [0.1, 0.15) is 0 Å². The lowest BCUT2D eigenvalue weighted by Gasteiger charge is -2.21. The van der Waals surface area contributed by atoms with Crippen LogP contribution in [-0.4, -0.2) is 37.0 Å². The number of nitrogens with zero attached hydrogens (tertiary/aromatic N) is 1. The minimum absolute atomic E-state index is 0.104. The van der Waals surface area contributed by atoms with Crippen molar-refractivity contribution in [2.24, 2.45) is 0 Å². The van der Waals surface area contributed by atoms with Gasteiger partial charge in [-0.2, -0.15) is 0 Å². The Kier molecular flexibility index (Phi) is 6.57. The van der Waals surface area contributed by atoms with Gasteiger partial charge in [0.05, 0.1) is 6.04 Å². The number of carbonyl (C=O) groups is 1. The second kappa shape index (κ2) is 7.95. The maximum Gasteiger partial charge on any atom is 0.239 e. The van der Waals surface area contributed by atoms with Gasteiger partial charge in [0.2, 0.25) is 5.91 Å². The summed E-state index contributed by atoms with van der Waals surface area (Å²) in [6.07, 6.45) is 1.04. The maximum absolute atomic E-state index is 11.9. The van der Waals surface area contributed by atoms with Crippen LogP contribution in [-0.2, 0) is 4.79 Å². The average molecular weight is 262 g/mol. The molecule has 19 heavy (non-hydrogen) atoms. The number of amides is 1. The normalized spacial score (nSPS) is 13.9. The summed E-state index contributed by atoms with van der Waals surface area (Å²) in [5, 5.41) is 3.31. The van der Waals surface area contributed by atoms with Crippen molar-refractivity contribution in [3.8, 4) is 0 Å². The average Bonchev–Trinajstić information content (AvgIpc) is 2.46. The third-order valence-electron chi connectivity index (χ3n) is 3.62. The summed E-state index contributed by atoms with van der Waals surface area (Å²) >= 11 is 0. The van der Waals surface area contributed by atoms with Crippen LogP contribution in [0.25, 0.3) is 0 Å². The topological polar surface area (TPSA) is 32.3 Å². The lowest BCUT2D eigenvalue weighted by atomic mass is 9.98. The molecule has 1 rings (SSSR count). The van der Waals surface area contributed by atoms with Crippen molar-refractivity contribution in [1.29, 1.82) is 0 Å². The number of hydrogen-bond donors (Lipinski definition) is 1. The van der Waals surface area contributed by atoms with E-state index in [1.807, 2.05) is 27.0 Å². The zero-order valence-electron chi connectivity index (χ0n) is 12.5. The highest BCUT2D eigenvalue weighted by Gasteiger charge is 2.15. The minimum atomic E-state index is -0.104. The summed E-state index contributed by atoms with van der Waals surface area (Å²) in [6.45, 7) is 7.76. The summed E-state index contributed by atoms with van der Waals surface area (Å²) < 4.78 is 0. The monoisotopic (exact) mass is 262 g/mol. The largest absolute Gasteiger partial charge is 0.345 e. The molecule has 0 aromatic heterocycles. The maximum atomic E-state index is 11.9. The van der Waals surface area contributed by atoms with Crippen molar-refractivity contribution in [1.82, 2.24) is 10.2 Å². The Morgan fingerprint density at radius 2 is 1.89 bits per heavy atom. The second-order valence-electron chi connectivity index (χ2n) is 5.13. The van der Waals surface area contributed by atoms with Crippen molar-refractivity contribution in [3.05, 3.63) is 35.9 Å². The fraction of sp³-hybridized carbons (Fsp3) is 0.562. The molecule has 1 aromatic rings. The van der Waals surface area contributed by atoms with Gasteiger partial charge in [0.15, 0.2) is 0 Å². The minimum Gasteiger partial charge on any atom is -0.345 e. The van der Waals surface area contributed by atoms with Crippen LogP contribution in [0.4, 0.5) is 0 Å². The van der Waals surface area contributed by atoms with E-state index in [-0.39, 0.29) is 11.9 Å². The molecule has 0 aliphatic heterocycles. The second-order valence-corrected chi connectivity index (χ2v) is 5.13. The van der Waals surface area contributed by atoms with Crippen LogP contribution in [0, 0.1) is 0 Å². The molecule has 0 spiro atoms. The van der Waals surface area contributed by atoms with Gasteiger partial charge in [-0.3, -0.25) is 4.79 Å². The number of carbonyl (C=O) groups excluding carboxylic acids is 1. The lowest BCUT2D eigenvalue weighted by molar-refractivity contribution is -0.131. The molecular weight excluding hydrogens is 236 g/mol. The van der Waals surface area contributed by atoms with Gasteiger partial charge < -0.3 is 10.2 Å². The van der Waals surface area contributed by atoms with Crippen LogP contribution < -0.4 is 5.32 Å². The van der Waals surface area contributed by atoms with E-state index in [1.54, 1.807) is 4.90 Å². The Labute approximate surface area is 117 Å². The first-order valence-electron chi connectivity index (χ1n) is 7.09. The predicted molar refractivity (Wildman–Crippen MR) is 80.2 cm³/mol. The first-order valence-corrected chi connectivity index (χ1v) is 7.09. The number of rotatable bonds is 7. The zero-order valence-corrected chi connectivity index (χ0v) is 12.5. The van der Waals surface area contributed by atoms with E-state index in [0.717, 1.165) is 19.5 Å². The van der Waals surface area contributed by atoms with E-state index in [4.69, 9.17) is 0 Å². The van der Waals surface area contributed by atoms with Gasteiger partial charge in [0, 0.05) is 13.6 Å². The highest BCUT2D eigenvalue weighted by atomic mass is 16.2. The quantitative estimate of drug-likeness (QED) is 0.819. The Morgan fingerprint density at radius 3 is 2.47 bits per heavy atom. The standard InChI is InChI=1S/C16H26N2O/c1-5-18(4)16(19)14(3)17-12-11-13(2)15-9-7-6-8-10-15/h6-10,13-14,17H,5,11-12H2,1-4H3. The Bertz CT molecular complexity index is 378. The van der Waals surface area contributed by atoms with Gasteiger partial charge >= 0.3 is 0 Å².